The number of nitrogens with zero attached hydrogens (tertiary/aromatic N) is 2. The van der Waals surface area contributed by atoms with E-state index in [0.717, 1.165) is 17.0 Å². The number of hydrogen-bond acceptors (Lipinski definition) is 6. The second kappa shape index (κ2) is 7.92. The van der Waals surface area contributed by atoms with Gasteiger partial charge in [0.2, 0.25) is 5.91 Å². The summed E-state index contributed by atoms with van der Waals surface area (Å²) in [6.07, 6.45) is 0. The van der Waals surface area contributed by atoms with E-state index in [9.17, 15) is 9.59 Å². The number of aryl methyl sites for hydroxylation is 2. The van der Waals surface area contributed by atoms with E-state index in [1.807, 2.05) is 20.8 Å². The van der Waals surface area contributed by atoms with Crippen LogP contribution in [0.5, 0.6) is 0 Å². The zero-order chi connectivity index (χ0) is 17.7. The van der Waals surface area contributed by atoms with Crippen LogP contribution in [0.15, 0.2) is 29.4 Å². The number of amides is 1. The van der Waals surface area contributed by atoms with Crippen molar-refractivity contribution in [2.24, 2.45) is 0 Å². The minimum absolute atomic E-state index is 0.150. The third-order valence-corrected chi connectivity index (χ3v) is 4.40. The molecule has 0 aliphatic heterocycles. The summed E-state index contributed by atoms with van der Waals surface area (Å²) >= 11 is 1.25. The van der Waals surface area contributed by atoms with E-state index in [0.29, 0.717) is 16.4 Å². The Balaban J connectivity index is 2.03. The Hall–Kier alpha value is -2.41. The average molecular weight is 345 g/mol. The van der Waals surface area contributed by atoms with E-state index in [1.54, 1.807) is 24.3 Å². The smallest absolute Gasteiger partial charge is 0.339 e. The van der Waals surface area contributed by atoms with Gasteiger partial charge in [0.1, 0.15) is 0 Å². The van der Waals surface area contributed by atoms with E-state index in [-0.39, 0.29) is 11.7 Å². The molecule has 7 heteroatoms. The molecule has 0 saturated heterocycles. The number of rotatable bonds is 5. The Morgan fingerprint density at radius 3 is 2.38 bits per heavy atom. The van der Waals surface area contributed by atoms with Crippen molar-refractivity contribution in [3.63, 3.8) is 0 Å². The second-order valence-corrected chi connectivity index (χ2v) is 6.12. The Morgan fingerprint density at radius 1 is 1.12 bits per heavy atom. The molecule has 0 aliphatic carbocycles. The third-order valence-electron chi connectivity index (χ3n) is 3.55. The van der Waals surface area contributed by atoms with Gasteiger partial charge in [0, 0.05) is 11.4 Å². The number of esters is 1. The molecule has 1 heterocycles. The lowest BCUT2D eigenvalue weighted by Gasteiger charge is -2.10. The maximum Gasteiger partial charge on any atom is 0.339 e. The lowest BCUT2D eigenvalue weighted by Crippen LogP contribution is -2.17. The van der Waals surface area contributed by atoms with Gasteiger partial charge in [-0.25, -0.2) is 14.8 Å². The van der Waals surface area contributed by atoms with E-state index >= 15 is 0 Å². The largest absolute Gasteiger partial charge is 0.465 e. The fourth-order valence-electron chi connectivity index (χ4n) is 2.00. The molecule has 2 aromatic rings. The van der Waals surface area contributed by atoms with Gasteiger partial charge < -0.3 is 10.1 Å². The Morgan fingerprint density at radius 2 is 1.75 bits per heavy atom. The number of anilines is 1. The summed E-state index contributed by atoms with van der Waals surface area (Å²) in [6, 6.07) is 6.71. The van der Waals surface area contributed by atoms with Crippen LogP contribution in [0, 0.1) is 20.8 Å². The monoisotopic (exact) mass is 345 g/mol. The highest BCUT2D eigenvalue weighted by Crippen LogP contribution is 2.19. The Kier molecular flexibility index (Phi) is 5.92. The molecule has 0 bridgehead atoms. The van der Waals surface area contributed by atoms with Crippen molar-refractivity contribution in [1.82, 2.24) is 9.97 Å². The minimum Gasteiger partial charge on any atom is -0.465 e. The molecular formula is C17H19N3O3S. The fraction of sp³-hybridized carbons (Fsp3) is 0.294. The van der Waals surface area contributed by atoms with Crippen molar-refractivity contribution >= 4 is 29.3 Å². The summed E-state index contributed by atoms with van der Waals surface area (Å²) in [7, 11) is 1.30. The van der Waals surface area contributed by atoms with E-state index in [1.165, 1.54) is 18.9 Å². The van der Waals surface area contributed by atoms with Crippen LogP contribution in [0.4, 0.5) is 5.69 Å². The first-order valence-electron chi connectivity index (χ1n) is 7.34. The molecule has 0 spiro atoms. The minimum atomic E-state index is -0.494. The van der Waals surface area contributed by atoms with E-state index < -0.39 is 5.97 Å². The fourth-order valence-corrected chi connectivity index (χ4v) is 2.74. The third kappa shape index (κ3) is 4.32. The molecule has 6 nitrogen and oxygen atoms in total. The SMILES string of the molecule is COC(=O)c1ccccc1NC(=O)CSc1nc(C)c(C)c(C)n1. The van der Waals surface area contributed by atoms with Gasteiger partial charge in [0.15, 0.2) is 5.16 Å². The first-order chi connectivity index (χ1) is 11.4. The summed E-state index contributed by atoms with van der Waals surface area (Å²) in [5.41, 5.74) is 3.60. The summed E-state index contributed by atoms with van der Waals surface area (Å²) in [5.74, 6) is -0.584. The number of benzene rings is 1. The molecule has 0 saturated carbocycles. The predicted octanol–water partition coefficient (Wildman–Crippen LogP) is 2.92. The van der Waals surface area contributed by atoms with Crippen molar-refractivity contribution in [1.29, 1.82) is 0 Å². The molecular weight excluding hydrogens is 326 g/mol. The van der Waals surface area contributed by atoms with Crippen LogP contribution in [0.25, 0.3) is 0 Å². The highest BCUT2D eigenvalue weighted by molar-refractivity contribution is 7.99. The molecule has 1 amide bonds. The van der Waals surface area contributed by atoms with Gasteiger partial charge in [-0.05, 0) is 38.5 Å². The number of carbonyl (C=O) groups is 2. The van der Waals surface area contributed by atoms with E-state index in [2.05, 4.69) is 15.3 Å². The van der Waals surface area contributed by atoms with Crippen LogP contribution in [-0.2, 0) is 9.53 Å². The molecule has 0 radical (unpaired) electrons. The first-order valence-corrected chi connectivity index (χ1v) is 8.32. The van der Waals surface area contributed by atoms with Crippen LogP contribution in [0.2, 0.25) is 0 Å². The molecule has 0 unspecified atom stereocenters. The van der Waals surface area contributed by atoms with Gasteiger partial charge >= 0.3 is 5.97 Å². The highest BCUT2D eigenvalue weighted by atomic mass is 32.2. The van der Waals surface area contributed by atoms with Crippen LogP contribution < -0.4 is 5.32 Å². The number of ether oxygens (including phenoxy) is 1. The number of aromatic nitrogens is 2. The maximum atomic E-state index is 12.1. The van der Waals surface area contributed by atoms with Crippen molar-refractivity contribution in [3.05, 3.63) is 46.8 Å². The highest BCUT2D eigenvalue weighted by Gasteiger charge is 2.14. The molecule has 126 valence electrons. The lowest BCUT2D eigenvalue weighted by molar-refractivity contribution is -0.113. The normalized spacial score (nSPS) is 10.3. The standard InChI is InChI=1S/C17H19N3O3S/c1-10-11(2)18-17(19-12(10)3)24-9-15(21)20-14-8-6-5-7-13(14)16(22)23-4/h5-8H,9H2,1-4H3,(H,20,21). The van der Waals surface area contributed by atoms with Crippen LogP contribution in [0.1, 0.15) is 27.3 Å². The maximum absolute atomic E-state index is 12.1. The zero-order valence-electron chi connectivity index (χ0n) is 14.0. The summed E-state index contributed by atoms with van der Waals surface area (Å²) < 4.78 is 4.71. The van der Waals surface area contributed by atoms with Crippen molar-refractivity contribution in [3.8, 4) is 0 Å². The topological polar surface area (TPSA) is 81.2 Å². The summed E-state index contributed by atoms with van der Waals surface area (Å²) in [4.78, 5) is 32.6. The molecule has 24 heavy (non-hydrogen) atoms. The van der Waals surface area contributed by atoms with E-state index in [4.69, 9.17) is 4.74 Å². The quantitative estimate of drug-likeness (QED) is 0.510. The second-order valence-electron chi connectivity index (χ2n) is 5.18. The summed E-state index contributed by atoms with van der Waals surface area (Å²) in [5, 5.41) is 3.28. The van der Waals surface area contributed by atoms with Gasteiger partial charge in [-0.3, -0.25) is 4.79 Å². The van der Waals surface area contributed by atoms with Crippen LogP contribution in [0.3, 0.4) is 0 Å². The first kappa shape index (κ1) is 17.9. The predicted molar refractivity (Wildman–Crippen MR) is 93.4 cm³/mol. The molecule has 1 N–H and O–H groups in total. The summed E-state index contributed by atoms with van der Waals surface area (Å²) in [6.45, 7) is 5.80. The molecule has 1 aromatic heterocycles. The van der Waals surface area contributed by atoms with Gasteiger partial charge in [-0.2, -0.15) is 0 Å². The van der Waals surface area contributed by atoms with Gasteiger partial charge in [0.05, 0.1) is 24.1 Å². The molecule has 0 fully saturated rings. The number of nitrogens with one attached hydrogen (secondary N) is 1. The Labute approximate surface area is 145 Å². The number of thioether (sulfide) groups is 1. The number of methoxy groups -OCH3 is 1. The molecule has 1 aromatic carbocycles. The van der Waals surface area contributed by atoms with Crippen LogP contribution in [-0.4, -0.2) is 34.7 Å². The average Bonchev–Trinajstić information content (AvgIpc) is 2.57. The van der Waals surface area contributed by atoms with Crippen molar-refractivity contribution < 1.29 is 14.3 Å². The number of carbonyl (C=O) groups excluding carboxylic acids is 2. The van der Waals surface area contributed by atoms with Crippen molar-refractivity contribution in [2.75, 3.05) is 18.2 Å². The Bertz CT molecular complexity index is 754. The molecule has 2 rings (SSSR count). The zero-order valence-corrected chi connectivity index (χ0v) is 14.9. The van der Waals surface area contributed by atoms with Gasteiger partial charge in [-0.1, -0.05) is 23.9 Å². The van der Waals surface area contributed by atoms with Gasteiger partial charge in [-0.15, -0.1) is 0 Å². The number of hydrogen-bond donors (Lipinski definition) is 1. The van der Waals surface area contributed by atoms with Gasteiger partial charge in [0.25, 0.3) is 0 Å². The van der Waals surface area contributed by atoms with Crippen LogP contribution >= 0.6 is 11.8 Å². The molecule has 0 aliphatic rings. The number of para-hydroxylation sites is 1. The van der Waals surface area contributed by atoms with Crippen molar-refractivity contribution in [2.45, 2.75) is 25.9 Å². The molecule has 0 atom stereocenters. The lowest BCUT2D eigenvalue weighted by atomic mass is 10.2.